The van der Waals surface area contributed by atoms with Crippen LogP contribution in [0.1, 0.15) is 22.8 Å². The van der Waals surface area contributed by atoms with Crippen LogP contribution in [-0.2, 0) is 16.1 Å². The van der Waals surface area contributed by atoms with Crippen molar-refractivity contribution < 1.29 is 23.7 Å². The van der Waals surface area contributed by atoms with Crippen molar-refractivity contribution in [3.63, 3.8) is 0 Å². The van der Waals surface area contributed by atoms with E-state index in [9.17, 15) is 0 Å². The SMILES string of the molecule is COCC1N=C(c2ccc(OC)c(OCc3ccccc3)c2OC)OC1c1ccccc1. The average Bonchev–Trinajstić information content (AvgIpc) is 3.27. The summed E-state index contributed by atoms with van der Waals surface area (Å²) >= 11 is 0. The first-order valence-electron chi connectivity index (χ1n) is 10.5. The number of nitrogens with zero attached hydrogens (tertiary/aromatic N) is 1. The molecule has 0 radical (unpaired) electrons. The minimum absolute atomic E-state index is 0.169. The molecule has 166 valence electrons. The Morgan fingerprint density at radius 2 is 1.53 bits per heavy atom. The van der Waals surface area contributed by atoms with Crippen LogP contribution in [0.2, 0.25) is 0 Å². The van der Waals surface area contributed by atoms with Gasteiger partial charge in [-0.1, -0.05) is 60.7 Å². The summed E-state index contributed by atoms with van der Waals surface area (Å²) in [5.41, 5.74) is 2.79. The molecule has 0 bridgehead atoms. The fourth-order valence-electron chi connectivity index (χ4n) is 3.75. The third-order valence-electron chi connectivity index (χ3n) is 5.29. The molecule has 4 rings (SSSR count). The molecule has 1 aliphatic heterocycles. The van der Waals surface area contributed by atoms with Crippen molar-refractivity contribution in [1.29, 1.82) is 0 Å². The van der Waals surface area contributed by atoms with E-state index >= 15 is 0 Å². The maximum Gasteiger partial charge on any atom is 0.221 e. The van der Waals surface area contributed by atoms with Gasteiger partial charge in [0.15, 0.2) is 17.6 Å². The van der Waals surface area contributed by atoms with E-state index in [1.165, 1.54) is 0 Å². The van der Waals surface area contributed by atoms with Gasteiger partial charge >= 0.3 is 0 Å². The second-order valence-corrected chi connectivity index (χ2v) is 7.36. The lowest BCUT2D eigenvalue weighted by Gasteiger charge is -2.19. The quantitative estimate of drug-likeness (QED) is 0.484. The van der Waals surface area contributed by atoms with Crippen molar-refractivity contribution in [2.45, 2.75) is 18.8 Å². The largest absolute Gasteiger partial charge is 0.493 e. The lowest BCUT2D eigenvalue weighted by Crippen LogP contribution is -2.19. The smallest absolute Gasteiger partial charge is 0.221 e. The Balaban J connectivity index is 1.67. The monoisotopic (exact) mass is 433 g/mol. The average molecular weight is 434 g/mol. The Bertz CT molecular complexity index is 1050. The van der Waals surface area contributed by atoms with Gasteiger partial charge in [-0.25, -0.2) is 4.99 Å². The summed E-state index contributed by atoms with van der Waals surface area (Å²) in [6.07, 6.45) is -0.244. The Labute approximate surface area is 188 Å². The lowest BCUT2D eigenvalue weighted by atomic mass is 10.0. The van der Waals surface area contributed by atoms with E-state index in [2.05, 4.69) is 0 Å². The maximum absolute atomic E-state index is 6.33. The molecule has 2 unspecified atom stereocenters. The normalized spacial score (nSPS) is 17.4. The van der Waals surface area contributed by atoms with E-state index in [0.29, 0.717) is 41.9 Å². The van der Waals surface area contributed by atoms with Gasteiger partial charge in [-0.15, -0.1) is 0 Å². The molecule has 0 saturated carbocycles. The van der Waals surface area contributed by atoms with Crippen molar-refractivity contribution in [2.24, 2.45) is 4.99 Å². The van der Waals surface area contributed by atoms with E-state index in [1.807, 2.05) is 72.8 Å². The van der Waals surface area contributed by atoms with Crippen LogP contribution in [0.15, 0.2) is 77.8 Å². The molecule has 1 heterocycles. The predicted molar refractivity (Wildman–Crippen MR) is 123 cm³/mol. The Kier molecular flexibility index (Phi) is 6.92. The molecular formula is C26H27NO5. The first-order chi connectivity index (χ1) is 15.7. The Morgan fingerprint density at radius 1 is 0.812 bits per heavy atom. The van der Waals surface area contributed by atoms with E-state index in [4.69, 9.17) is 28.7 Å². The van der Waals surface area contributed by atoms with Crippen molar-refractivity contribution in [3.8, 4) is 17.2 Å². The van der Waals surface area contributed by atoms with Gasteiger partial charge in [-0.3, -0.25) is 0 Å². The third kappa shape index (κ3) is 4.55. The number of benzene rings is 3. The van der Waals surface area contributed by atoms with Crippen molar-refractivity contribution in [2.75, 3.05) is 27.9 Å². The number of methoxy groups -OCH3 is 3. The summed E-state index contributed by atoms with van der Waals surface area (Å²) in [6.45, 7) is 0.822. The molecule has 2 atom stereocenters. The molecule has 6 heteroatoms. The lowest BCUT2D eigenvalue weighted by molar-refractivity contribution is 0.120. The highest BCUT2D eigenvalue weighted by Gasteiger charge is 2.35. The summed E-state index contributed by atoms with van der Waals surface area (Å²) in [4.78, 5) is 4.82. The predicted octanol–water partition coefficient (Wildman–Crippen LogP) is 4.82. The fraction of sp³-hybridized carbons (Fsp3) is 0.269. The summed E-state index contributed by atoms with van der Waals surface area (Å²) in [5.74, 6) is 2.09. The van der Waals surface area contributed by atoms with E-state index in [-0.39, 0.29) is 12.1 Å². The first-order valence-corrected chi connectivity index (χ1v) is 10.5. The first kappa shape index (κ1) is 21.7. The maximum atomic E-state index is 6.33. The number of aliphatic imine (C=N–C) groups is 1. The van der Waals surface area contributed by atoms with E-state index in [0.717, 1.165) is 11.1 Å². The molecule has 0 aliphatic carbocycles. The number of ether oxygens (including phenoxy) is 5. The molecular weight excluding hydrogens is 406 g/mol. The standard InChI is InChI=1S/C26H27NO5/c1-28-17-21-23(19-12-8-5-9-13-19)32-26(27-21)20-14-15-22(29-2)25(24(20)30-3)31-16-18-10-6-4-7-11-18/h4-15,21,23H,16-17H2,1-3H3. The summed E-state index contributed by atoms with van der Waals surface area (Å²) in [6, 6.07) is 23.5. The van der Waals surface area contributed by atoms with Gasteiger partial charge in [0.2, 0.25) is 11.6 Å². The second kappa shape index (κ2) is 10.2. The van der Waals surface area contributed by atoms with Crippen LogP contribution in [-0.4, -0.2) is 39.9 Å². The van der Waals surface area contributed by atoms with Gasteiger partial charge in [0.05, 0.1) is 26.4 Å². The van der Waals surface area contributed by atoms with Crippen LogP contribution in [0.4, 0.5) is 0 Å². The minimum atomic E-state index is -0.244. The van der Waals surface area contributed by atoms with Gasteiger partial charge < -0.3 is 23.7 Å². The van der Waals surface area contributed by atoms with Crippen LogP contribution in [0.25, 0.3) is 0 Å². The van der Waals surface area contributed by atoms with E-state index < -0.39 is 0 Å². The Morgan fingerprint density at radius 3 is 2.19 bits per heavy atom. The molecule has 0 saturated heterocycles. The van der Waals surface area contributed by atoms with Gasteiger partial charge in [0.25, 0.3) is 0 Å². The molecule has 6 nitrogen and oxygen atoms in total. The van der Waals surface area contributed by atoms with Gasteiger partial charge in [-0.05, 0) is 23.3 Å². The molecule has 0 aromatic heterocycles. The zero-order valence-electron chi connectivity index (χ0n) is 18.5. The summed E-state index contributed by atoms with van der Waals surface area (Å²) in [5, 5.41) is 0. The van der Waals surface area contributed by atoms with Crippen LogP contribution >= 0.6 is 0 Å². The minimum Gasteiger partial charge on any atom is -0.493 e. The van der Waals surface area contributed by atoms with Crippen molar-refractivity contribution in [1.82, 2.24) is 0 Å². The number of hydrogen-bond acceptors (Lipinski definition) is 6. The van der Waals surface area contributed by atoms with Gasteiger partial charge in [0.1, 0.15) is 12.6 Å². The highest BCUT2D eigenvalue weighted by Crippen LogP contribution is 2.43. The molecule has 0 fully saturated rings. The highest BCUT2D eigenvalue weighted by atomic mass is 16.5. The zero-order valence-corrected chi connectivity index (χ0v) is 18.5. The number of hydrogen-bond donors (Lipinski definition) is 0. The van der Waals surface area contributed by atoms with E-state index in [1.54, 1.807) is 21.3 Å². The number of rotatable bonds is 9. The second-order valence-electron chi connectivity index (χ2n) is 7.36. The molecule has 0 N–H and O–H groups in total. The third-order valence-corrected chi connectivity index (χ3v) is 5.29. The molecule has 3 aromatic rings. The van der Waals surface area contributed by atoms with Crippen molar-refractivity contribution >= 4 is 5.90 Å². The molecule has 0 spiro atoms. The fourth-order valence-corrected chi connectivity index (χ4v) is 3.75. The summed E-state index contributed by atoms with van der Waals surface area (Å²) < 4.78 is 29.2. The van der Waals surface area contributed by atoms with Crippen LogP contribution in [0, 0.1) is 0 Å². The van der Waals surface area contributed by atoms with Crippen LogP contribution < -0.4 is 14.2 Å². The Hall–Kier alpha value is -3.51. The highest BCUT2D eigenvalue weighted by molar-refractivity contribution is 5.99. The molecule has 1 aliphatic rings. The van der Waals surface area contributed by atoms with Gasteiger partial charge in [0, 0.05) is 7.11 Å². The van der Waals surface area contributed by atoms with Crippen LogP contribution in [0.5, 0.6) is 17.2 Å². The van der Waals surface area contributed by atoms with Gasteiger partial charge in [-0.2, -0.15) is 0 Å². The molecule has 0 amide bonds. The van der Waals surface area contributed by atoms with Crippen LogP contribution in [0.3, 0.4) is 0 Å². The van der Waals surface area contributed by atoms with Crippen molar-refractivity contribution in [3.05, 3.63) is 89.5 Å². The summed E-state index contributed by atoms with van der Waals surface area (Å²) in [7, 11) is 4.87. The molecule has 32 heavy (non-hydrogen) atoms. The topological polar surface area (TPSA) is 58.5 Å². The zero-order chi connectivity index (χ0) is 22.3. The molecule has 3 aromatic carbocycles.